The van der Waals surface area contributed by atoms with Gasteiger partial charge in [0, 0.05) is 16.9 Å². The van der Waals surface area contributed by atoms with Crippen molar-refractivity contribution in [2.45, 2.75) is 38.1 Å². The molecule has 1 aromatic rings. The predicted molar refractivity (Wildman–Crippen MR) is 77.6 cm³/mol. The maximum absolute atomic E-state index is 13.6. The van der Waals surface area contributed by atoms with Crippen LogP contribution in [0.2, 0.25) is 0 Å². The Morgan fingerprint density at radius 2 is 2.05 bits per heavy atom. The molecular weight excluding hydrogens is 330 g/mol. The minimum Gasteiger partial charge on any atom is -0.321 e. The molecule has 1 aliphatic heterocycles. The van der Waals surface area contributed by atoms with Gasteiger partial charge in [0.2, 0.25) is 5.91 Å². The Hall–Kier alpha value is -1.01. The molecule has 1 fully saturated rings. The molecule has 1 amide bonds. The van der Waals surface area contributed by atoms with Gasteiger partial charge in [-0.2, -0.15) is 0 Å². The average molecular weight is 347 g/mol. The molecule has 110 valence electrons. The summed E-state index contributed by atoms with van der Waals surface area (Å²) < 4.78 is 27.4. The van der Waals surface area contributed by atoms with Crippen LogP contribution in [0.15, 0.2) is 16.6 Å². The first-order chi connectivity index (χ1) is 9.56. The van der Waals surface area contributed by atoms with Crippen molar-refractivity contribution in [2.24, 2.45) is 0 Å². The number of piperidine rings is 1. The molecule has 2 rings (SSSR count). The van der Waals surface area contributed by atoms with Crippen LogP contribution < -0.4 is 10.6 Å². The van der Waals surface area contributed by atoms with E-state index in [0.29, 0.717) is 16.9 Å². The van der Waals surface area contributed by atoms with Crippen LogP contribution in [0.5, 0.6) is 0 Å². The lowest BCUT2D eigenvalue weighted by Crippen LogP contribution is -2.34. The van der Waals surface area contributed by atoms with Gasteiger partial charge in [0.1, 0.15) is 5.69 Å². The molecule has 20 heavy (non-hydrogen) atoms. The summed E-state index contributed by atoms with van der Waals surface area (Å²) in [6, 6.07) is 2.58. The Morgan fingerprint density at radius 1 is 1.35 bits per heavy atom. The summed E-state index contributed by atoms with van der Waals surface area (Å²) in [5.41, 5.74) is -0.380. The monoisotopic (exact) mass is 346 g/mol. The Labute approximate surface area is 125 Å². The molecule has 0 radical (unpaired) electrons. The Morgan fingerprint density at radius 3 is 2.65 bits per heavy atom. The van der Waals surface area contributed by atoms with Gasteiger partial charge in [0.25, 0.3) is 0 Å². The molecule has 1 atom stereocenters. The average Bonchev–Trinajstić information content (AvgIpc) is 2.42. The second-order valence-electron chi connectivity index (χ2n) is 4.98. The van der Waals surface area contributed by atoms with Crippen LogP contribution in [0.25, 0.3) is 0 Å². The molecule has 1 aromatic carbocycles. The molecule has 1 saturated heterocycles. The van der Waals surface area contributed by atoms with Crippen molar-refractivity contribution < 1.29 is 13.6 Å². The van der Waals surface area contributed by atoms with E-state index in [4.69, 9.17) is 0 Å². The van der Waals surface area contributed by atoms with Gasteiger partial charge in [-0.05, 0) is 37.9 Å². The number of carbonyl (C=O) groups is 1. The second kappa shape index (κ2) is 7.13. The second-order valence-corrected chi connectivity index (χ2v) is 5.89. The highest BCUT2D eigenvalue weighted by Crippen LogP contribution is 2.24. The van der Waals surface area contributed by atoms with Crippen LogP contribution in [-0.2, 0) is 4.79 Å². The summed E-state index contributed by atoms with van der Waals surface area (Å²) in [4.78, 5) is 11.8. The van der Waals surface area contributed by atoms with Crippen LogP contribution in [-0.4, -0.2) is 18.5 Å². The molecule has 0 aromatic heterocycles. The summed E-state index contributed by atoms with van der Waals surface area (Å²) in [5.74, 6) is -1.92. The van der Waals surface area contributed by atoms with Crippen molar-refractivity contribution in [1.29, 1.82) is 0 Å². The van der Waals surface area contributed by atoms with E-state index in [2.05, 4.69) is 26.6 Å². The van der Waals surface area contributed by atoms with Crippen molar-refractivity contribution in [3.05, 3.63) is 28.2 Å². The first-order valence-corrected chi connectivity index (χ1v) is 7.53. The van der Waals surface area contributed by atoms with Crippen molar-refractivity contribution in [3.8, 4) is 0 Å². The minimum atomic E-state index is -0.777. The molecule has 0 aliphatic carbocycles. The summed E-state index contributed by atoms with van der Waals surface area (Å²) >= 11 is 3.00. The first-order valence-electron chi connectivity index (χ1n) is 6.74. The number of carbonyl (C=O) groups excluding carboxylic acids is 1. The Kier molecular flexibility index (Phi) is 5.48. The first kappa shape index (κ1) is 15.4. The van der Waals surface area contributed by atoms with Gasteiger partial charge < -0.3 is 10.6 Å². The lowest BCUT2D eigenvalue weighted by Gasteiger charge is -2.23. The molecule has 3 nitrogen and oxygen atoms in total. The fraction of sp³-hybridized carbons (Fsp3) is 0.500. The van der Waals surface area contributed by atoms with Crippen LogP contribution in [0.1, 0.15) is 32.1 Å². The molecule has 0 spiro atoms. The molecule has 2 N–H and O–H groups in total. The highest BCUT2D eigenvalue weighted by molar-refractivity contribution is 9.10. The number of hydrogen-bond donors (Lipinski definition) is 2. The summed E-state index contributed by atoms with van der Waals surface area (Å²) in [6.45, 7) is 0.974. The number of anilines is 1. The van der Waals surface area contributed by atoms with Crippen molar-refractivity contribution in [3.63, 3.8) is 0 Å². The topological polar surface area (TPSA) is 41.1 Å². The van der Waals surface area contributed by atoms with E-state index in [1.165, 1.54) is 0 Å². The minimum absolute atomic E-state index is 0.257. The lowest BCUT2D eigenvalue weighted by atomic mass is 10.0. The third-order valence-corrected chi connectivity index (χ3v) is 3.86. The third-order valence-electron chi connectivity index (χ3n) is 3.40. The van der Waals surface area contributed by atoms with Crippen molar-refractivity contribution in [1.82, 2.24) is 5.32 Å². The van der Waals surface area contributed by atoms with Crippen molar-refractivity contribution >= 4 is 27.5 Å². The number of nitrogens with one attached hydrogen (secondary N) is 2. The standard InChI is InChI=1S/C14H17BrF2N2O/c15-9-7-11(16)14(12(17)8-9)19-13(20)5-4-10-3-1-2-6-18-10/h7-8,10,18H,1-6H2,(H,19,20). The van der Waals surface area contributed by atoms with Gasteiger partial charge in [0.15, 0.2) is 11.6 Å². The number of halogens is 3. The normalized spacial score (nSPS) is 18.9. The van der Waals surface area contributed by atoms with Crippen molar-refractivity contribution in [2.75, 3.05) is 11.9 Å². The molecule has 0 saturated carbocycles. The smallest absolute Gasteiger partial charge is 0.224 e. The van der Waals surface area contributed by atoms with Gasteiger partial charge >= 0.3 is 0 Å². The molecule has 1 unspecified atom stereocenters. The molecular formula is C14H17BrF2N2O. The third kappa shape index (κ3) is 4.24. The molecule has 6 heteroatoms. The quantitative estimate of drug-likeness (QED) is 0.874. The van der Waals surface area contributed by atoms with E-state index in [0.717, 1.165) is 37.9 Å². The zero-order valence-electron chi connectivity index (χ0n) is 11.0. The Balaban J connectivity index is 1.88. The number of amides is 1. The largest absolute Gasteiger partial charge is 0.321 e. The van der Waals surface area contributed by atoms with E-state index >= 15 is 0 Å². The van der Waals surface area contributed by atoms with Gasteiger partial charge in [0.05, 0.1) is 0 Å². The van der Waals surface area contributed by atoms with Crippen LogP contribution in [0.4, 0.5) is 14.5 Å². The van der Waals surface area contributed by atoms with E-state index in [-0.39, 0.29) is 18.0 Å². The zero-order chi connectivity index (χ0) is 14.5. The summed E-state index contributed by atoms with van der Waals surface area (Å²) in [7, 11) is 0. The van der Waals surface area contributed by atoms with Crippen LogP contribution in [0, 0.1) is 11.6 Å². The molecule has 1 aliphatic rings. The highest BCUT2D eigenvalue weighted by atomic mass is 79.9. The van der Waals surface area contributed by atoms with E-state index in [9.17, 15) is 13.6 Å². The molecule has 0 bridgehead atoms. The Bertz CT molecular complexity index is 467. The fourth-order valence-corrected chi connectivity index (χ4v) is 2.74. The predicted octanol–water partition coefficient (Wildman–Crippen LogP) is 3.59. The van der Waals surface area contributed by atoms with Gasteiger partial charge in [-0.1, -0.05) is 22.4 Å². The number of rotatable bonds is 4. The van der Waals surface area contributed by atoms with Gasteiger partial charge in [-0.15, -0.1) is 0 Å². The lowest BCUT2D eigenvalue weighted by molar-refractivity contribution is -0.116. The SMILES string of the molecule is O=C(CCC1CCCCN1)Nc1c(F)cc(Br)cc1F. The summed E-state index contributed by atoms with van der Waals surface area (Å²) in [6.07, 6.45) is 4.32. The van der Waals surface area contributed by atoms with Crippen LogP contribution in [0.3, 0.4) is 0 Å². The van der Waals surface area contributed by atoms with Gasteiger partial charge in [-0.3, -0.25) is 4.79 Å². The molecule has 1 heterocycles. The van der Waals surface area contributed by atoms with E-state index < -0.39 is 11.6 Å². The maximum atomic E-state index is 13.6. The fourth-order valence-electron chi connectivity index (χ4n) is 2.34. The summed E-state index contributed by atoms with van der Waals surface area (Å²) in [5, 5.41) is 5.64. The highest BCUT2D eigenvalue weighted by Gasteiger charge is 2.16. The van der Waals surface area contributed by atoms with E-state index in [1.54, 1.807) is 0 Å². The van der Waals surface area contributed by atoms with Gasteiger partial charge in [-0.25, -0.2) is 8.78 Å². The maximum Gasteiger partial charge on any atom is 0.224 e. The number of hydrogen-bond acceptors (Lipinski definition) is 2. The van der Waals surface area contributed by atoms with Crippen LogP contribution >= 0.6 is 15.9 Å². The number of benzene rings is 1. The van der Waals surface area contributed by atoms with E-state index in [1.807, 2.05) is 0 Å². The zero-order valence-corrected chi connectivity index (χ0v) is 12.6.